The number of nitrogens with zero attached hydrogens (tertiary/aromatic N) is 2. The van der Waals surface area contributed by atoms with Crippen LogP contribution in [0.4, 0.5) is 4.39 Å². The van der Waals surface area contributed by atoms with Crippen molar-refractivity contribution in [1.82, 2.24) is 14.9 Å². The van der Waals surface area contributed by atoms with Crippen molar-refractivity contribution in [3.63, 3.8) is 0 Å². The van der Waals surface area contributed by atoms with Crippen LogP contribution in [0.15, 0.2) is 29.3 Å². The first-order valence-electron chi connectivity index (χ1n) is 9.70. The van der Waals surface area contributed by atoms with Gasteiger partial charge in [0.25, 0.3) is 0 Å². The van der Waals surface area contributed by atoms with Crippen molar-refractivity contribution in [3.8, 4) is 0 Å². The molecular weight excluding hydrogens is 510 g/mol. The molecule has 0 radical (unpaired) electrons. The van der Waals surface area contributed by atoms with Crippen LogP contribution < -0.4 is 10.6 Å². The van der Waals surface area contributed by atoms with Crippen LogP contribution in [0.5, 0.6) is 0 Å². The summed E-state index contributed by atoms with van der Waals surface area (Å²) in [6.07, 6.45) is 0.428. The predicted octanol–water partition coefficient (Wildman–Crippen LogP) is 1.98. The lowest BCUT2D eigenvalue weighted by atomic mass is 10.1. The molecule has 2 N–H and O–H groups in total. The molecule has 1 aromatic carbocycles. The van der Waals surface area contributed by atoms with Gasteiger partial charge < -0.3 is 15.4 Å². The molecule has 10 heteroatoms. The van der Waals surface area contributed by atoms with Gasteiger partial charge >= 0.3 is 0 Å². The van der Waals surface area contributed by atoms with Gasteiger partial charge in [-0.3, -0.25) is 4.99 Å². The van der Waals surface area contributed by atoms with Crippen LogP contribution in [0.1, 0.15) is 26.3 Å². The third-order valence-electron chi connectivity index (χ3n) is 4.34. The van der Waals surface area contributed by atoms with Crippen LogP contribution in [0, 0.1) is 5.82 Å². The molecule has 0 spiro atoms. The average Bonchev–Trinajstić information content (AvgIpc) is 2.61. The van der Waals surface area contributed by atoms with Crippen molar-refractivity contribution < 1.29 is 17.5 Å². The number of hydrogen-bond donors (Lipinski definition) is 2. The van der Waals surface area contributed by atoms with Gasteiger partial charge in [0.15, 0.2) is 5.96 Å². The number of morpholine rings is 1. The summed E-state index contributed by atoms with van der Waals surface area (Å²) in [5.74, 6) is 0.250. The Kier molecular flexibility index (Phi) is 11.4. The lowest BCUT2D eigenvalue weighted by Crippen LogP contribution is -2.49. The van der Waals surface area contributed by atoms with E-state index < -0.39 is 10.0 Å². The number of hydrogen-bond acceptors (Lipinski definition) is 4. The van der Waals surface area contributed by atoms with Crippen LogP contribution in [-0.4, -0.2) is 69.4 Å². The Morgan fingerprint density at radius 2 is 1.97 bits per heavy atom. The van der Waals surface area contributed by atoms with E-state index in [4.69, 9.17) is 4.74 Å². The molecule has 0 aromatic heterocycles. The fourth-order valence-electron chi connectivity index (χ4n) is 3.12. The third kappa shape index (κ3) is 9.14. The van der Waals surface area contributed by atoms with Crippen molar-refractivity contribution in [2.75, 3.05) is 38.5 Å². The predicted molar refractivity (Wildman–Crippen MR) is 125 cm³/mol. The zero-order valence-corrected chi connectivity index (χ0v) is 20.4. The number of benzene rings is 1. The van der Waals surface area contributed by atoms with Crippen LogP contribution in [0.3, 0.4) is 0 Å². The van der Waals surface area contributed by atoms with E-state index in [1.54, 1.807) is 6.07 Å². The van der Waals surface area contributed by atoms with E-state index in [2.05, 4.69) is 15.6 Å². The van der Waals surface area contributed by atoms with Gasteiger partial charge in [-0.05, 0) is 44.9 Å². The van der Waals surface area contributed by atoms with Crippen LogP contribution in [0.25, 0.3) is 0 Å². The van der Waals surface area contributed by atoms with Crippen LogP contribution in [0.2, 0.25) is 0 Å². The zero-order valence-electron chi connectivity index (χ0n) is 17.2. The Morgan fingerprint density at radius 3 is 2.59 bits per heavy atom. The van der Waals surface area contributed by atoms with Crippen molar-refractivity contribution in [2.45, 2.75) is 39.4 Å². The summed E-state index contributed by atoms with van der Waals surface area (Å²) in [4.78, 5) is 4.36. The molecule has 0 aliphatic carbocycles. The highest BCUT2D eigenvalue weighted by Crippen LogP contribution is 2.14. The highest BCUT2D eigenvalue weighted by molar-refractivity contribution is 14.0. The first kappa shape index (κ1) is 26.1. The Morgan fingerprint density at radius 1 is 1.28 bits per heavy atom. The molecular formula is C19H32FIN4O3S. The van der Waals surface area contributed by atoms with Crippen LogP contribution in [-0.2, 0) is 21.2 Å². The van der Waals surface area contributed by atoms with Crippen molar-refractivity contribution >= 4 is 40.0 Å². The molecule has 2 atom stereocenters. The van der Waals surface area contributed by atoms with E-state index in [9.17, 15) is 12.8 Å². The van der Waals surface area contributed by atoms with Gasteiger partial charge in [0, 0.05) is 26.2 Å². The van der Waals surface area contributed by atoms with Gasteiger partial charge in [-0.2, -0.15) is 4.31 Å². The molecule has 2 rings (SSSR count). The normalized spacial score (nSPS) is 20.8. The molecule has 1 saturated heterocycles. The van der Waals surface area contributed by atoms with E-state index >= 15 is 0 Å². The van der Waals surface area contributed by atoms with E-state index in [1.807, 2.05) is 26.8 Å². The molecule has 166 valence electrons. The minimum atomic E-state index is -3.38. The van der Waals surface area contributed by atoms with E-state index in [0.717, 1.165) is 5.56 Å². The monoisotopic (exact) mass is 542 g/mol. The smallest absolute Gasteiger partial charge is 0.216 e. The summed E-state index contributed by atoms with van der Waals surface area (Å²) < 4.78 is 45.5. The zero-order chi connectivity index (χ0) is 20.6. The number of halogens is 2. The fraction of sp³-hybridized carbons (Fsp3) is 0.632. The van der Waals surface area contributed by atoms with Gasteiger partial charge in [-0.25, -0.2) is 12.8 Å². The molecule has 1 heterocycles. The standard InChI is InChI=1S/C19H31FN4O3S.HI/c1-4-21-19(22-9-8-17-6-5-7-18(20)12-17)23-10-11-28(25,26)24-13-15(2)27-16(3)14-24;/h5-7,12,15-16H,4,8-11,13-14H2,1-3H3,(H2,21,22,23);1H. The van der Waals surface area contributed by atoms with Crippen molar-refractivity contribution in [1.29, 1.82) is 0 Å². The molecule has 0 bridgehead atoms. The second-order valence-corrected chi connectivity index (χ2v) is 9.05. The van der Waals surface area contributed by atoms with Gasteiger partial charge in [0.2, 0.25) is 10.0 Å². The number of guanidine groups is 1. The Labute approximate surface area is 190 Å². The third-order valence-corrected chi connectivity index (χ3v) is 6.12. The summed E-state index contributed by atoms with van der Waals surface area (Å²) in [5, 5.41) is 6.25. The molecule has 2 unspecified atom stereocenters. The molecule has 29 heavy (non-hydrogen) atoms. The minimum absolute atomic E-state index is 0. The van der Waals surface area contributed by atoms with Crippen LogP contribution >= 0.6 is 24.0 Å². The summed E-state index contributed by atoms with van der Waals surface area (Å²) in [5.41, 5.74) is 0.890. The lowest BCUT2D eigenvalue weighted by molar-refractivity contribution is -0.0440. The topological polar surface area (TPSA) is 83.0 Å². The lowest BCUT2D eigenvalue weighted by Gasteiger charge is -2.34. The van der Waals surface area contributed by atoms with Crippen molar-refractivity contribution in [3.05, 3.63) is 35.6 Å². The molecule has 1 aliphatic rings. The largest absolute Gasteiger partial charge is 0.373 e. The van der Waals surface area contributed by atoms with E-state index in [1.165, 1.54) is 16.4 Å². The number of ether oxygens (including phenoxy) is 1. The summed E-state index contributed by atoms with van der Waals surface area (Å²) in [7, 11) is -3.38. The van der Waals surface area contributed by atoms with E-state index in [-0.39, 0.29) is 54.3 Å². The Balaban J connectivity index is 0.00000420. The van der Waals surface area contributed by atoms with Gasteiger partial charge in [-0.15, -0.1) is 24.0 Å². The first-order chi connectivity index (χ1) is 13.3. The molecule has 0 saturated carbocycles. The summed E-state index contributed by atoms with van der Waals surface area (Å²) >= 11 is 0. The number of rotatable bonds is 8. The molecule has 1 fully saturated rings. The van der Waals surface area contributed by atoms with Gasteiger partial charge in [-0.1, -0.05) is 12.1 Å². The maximum atomic E-state index is 13.2. The Hall–Kier alpha value is -0.980. The summed E-state index contributed by atoms with van der Waals surface area (Å²) in [6.45, 7) is 7.85. The van der Waals surface area contributed by atoms with Gasteiger partial charge in [0.05, 0.1) is 24.5 Å². The Bertz CT molecular complexity index is 754. The molecule has 7 nitrogen and oxygen atoms in total. The maximum Gasteiger partial charge on any atom is 0.216 e. The van der Waals surface area contributed by atoms with Gasteiger partial charge in [0.1, 0.15) is 5.82 Å². The highest BCUT2D eigenvalue weighted by atomic mass is 127. The molecule has 1 aliphatic heterocycles. The quantitative estimate of drug-likeness (QED) is 0.298. The SMILES string of the molecule is CCNC(=NCCS(=O)(=O)N1CC(C)OC(C)C1)NCCc1cccc(F)c1.I. The molecule has 1 aromatic rings. The highest BCUT2D eigenvalue weighted by Gasteiger charge is 2.30. The number of aliphatic imine (C=N–C) groups is 1. The van der Waals surface area contributed by atoms with E-state index in [0.29, 0.717) is 38.6 Å². The molecule has 0 amide bonds. The van der Waals surface area contributed by atoms with Crippen molar-refractivity contribution in [2.24, 2.45) is 4.99 Å². The number of sulfonamides is 1. The maximum absolute atomic E-state index is 13.2. The fourth-order valence-corrected chi connectivity index (χ4v) is 4.57. The second-order valence-electron chi connectivity index (χ2n) is 6.96. The first-order valence-corrected chi connectivity index (χ1v) is 11.3. The summed E-state index contributed by atoms with van der Waals surface area (Å²) in [6, 6.07) is 6.47. The number of nitrogens with one attached hydrogen (secondary N) is 2. The minimum Gasteiger partial charge on any atom is -0.373 e. The second kappa shape index (κ2) is 12.7. The average molecular weight is 542 g/mol.